The van der Waals surface area contributed by atoms with Crippen molar-refractivity contribution in [2.24, 2.45) is 0 Å². The van der Waals surface area contributed by atoms with Crippen LogP contribution in [0.1, 0.15) is 85.1 Å². The van der Waals surface area contributed by atoms with Gasteiger partial charge in [-0.05, 0) is 52.0 Å². The third-order valence-electron chi connectivity index (χ3n) is 4.93. The van der Waals surface area contributed by atoms with Crippen LogP contribution >= 0.6 is 0 Å². The zero-order chi connectivity index (χ0) is 22.4. The Bertz CT molecular complexity index is 601. The molecule has 0 bridgehead atoms. The van der Waals surface area contributed by atoms with Crippen LogP contribution in [-0.2, 0) is 16.0 Å². The number of nitrogens with zero attached hydrogens (tertiary/aromatic N) is 1. The number of amides is 2. The minimum atomic E-state index is -0.598. The molecule has 1 atom stereocenters. The number of hydrogen-bond acceptors (Lipinski definition) is 3. The maximum absolute atomic E-state index is 13.4. The molecule has 170 valence electrons. The zero-order valence-corrected chi connectivity index (χ0v) is 19.7. The van der Waals surface area contributed by atoms with Crippen LogP contribution < -0.4 is 5.32 Å². The molecule has 5 heteroatoms. The fraction of sp³-hybridized carbons (Fsp3) is 0.680. The van der Waals surface area contributed by atoms with Gasteiger partial charge in [-0.2, -0.15) is 0 Å². The minimum Gasteiger partial charge on any atom is -0.444 e. The molecule has 0 heterocycles. The molecule has 0 spiro atoms. The molecule has 30 heavy (non-hydrogen) atoms. The van der Waals surface area contributed by atoms with E-state index >= 15 is 0 Å². The quantitative estimate of drug-likeness (QED) is 0.417. The molecule has 0 aliphatic heterocycles. The van der Waals surface area contributed by atoms with Gasteiger partial charge in [0.15, 0.2) is 0 Å². The molecule has 0 unspecified atom stereocenters. The molecule has 1 aromatic rings. The van der Waals surface area contributed by atoms with Crippen molar-refractivity contribution in [2.75, 3.05) is 13.1 Å². The summed E-state index contributed by atoms with van der Waals surface area (Å²) in [6.45, 7) is 11.3. The highest BCUT2D eigenvalue weighted by Crippen LogP contribution is 2.12. The van der Waals surface area contributed by atoms with E-state index in [1.54, 1.807) is 0 Å². The lowest BCUT2D eigenvalue weighted by Gasteiger charge is -2.29. The molecule has 0 aromatic heterocycles. The molecular weight excluding hydrogens is 376 g/mol. The summed E-state index contributed by atoms with van der Waals surface area (Å²) >= 11 is 0. The minimum absolute atomic E-state index is 0.00370. The Morgan fingerprint density at radius 1 is 0.967 bits per heavy atom. The Morgan fingerprint density at radius 3 is 2.03 bits per heavy atom. The lowest BCUT2D eigenvalue weighted by Crippen LogP contribution is -2.50. The van der Waals surface area contributed by atoms with Gasteiger partial charge in [-0.15, -0.1) is 0 Å². The fourth-order valence-corrected chi connectivity index (χ4v) is 3.32. The predicted molar refractivity (Wildman–Crippen MR) is 124 cm³/mol. The number of aryl methyl sites for hydroxylation is 1. The number of rotatable bonds is 13. The Morgan fingerprint density at radius 2 is 1.53 bits per heavy atom. The number of alkyl carbamates (subject to hydrolysis) is 1. The zero-order valence-electron chi connectivity index (χ0n) is 19.7. The van der Waals surface area contributed by atoms with Crippen LogP contribution in [0.2, 0.25) is 0 Å². The maximum atomic E-state index is 13.4. The van der Waals surface area contributed by atoms with Crippen LogP contribution in [0.3, 0.4) is 0 Å². The number of benzene rings is 1. The standard InChI is InChI=1S/C25H42N2O3/c1-6-8-13-19-27(20-14-9-7-2)23(28)22(26-24(29)30-25(3,4)5)18-17-21-15-11-10-12-16-21/h10-12,15-16,22H,6-9,13-14,17-20H2,1-5H3,(H,26,29)/t22-/m1/s1. The van der Waals surface area contributed by atoms with Gasteiger partial charge >= 0.3 is 6.09 Å². The highest BCUT2D eigenvalue weighted by atomic mass is 16.6. The van der Waals surface area contributed by atoms with E-state index in [4.69, 9.17) is 4.74 Å². The van der Waals surface area contributed by atoms with Crippen LogP contribution in [-0.4, -0.2) is 41.6 Å². The molecule has 0 radical (unpaired) electrons. The summed E-state index contributed by atoms with van der Waals surface area (Å²) in [6, 6.07) is 9.49. The molecule has 0 saturated heterocycles. The first-order valence-corrected chi connectivity index (χ1v) is 11.6. The van der Waals surface area contributed by atoms with Crippen LogP contribution in [0.15, 0.2) is 30.3 Å². The van der Waals surface area contributed by atoms with Crippen molar-refractivity contribution >= 4 is 12.0 Å². The summed E-state index contributed by atoms with van der Waals surface area (Å²) in [4.78, 5) is 27.8. The first-order chi connectivity index (χ1) is 14.3. The van der Waals surface area contributed by atoms with E-state index in [0.29, 0.717) is 6.42 Å². The number of hydrogen-bond donors (Lipinski definition) is 1. The second kappa shape index (κ2) is 14.1. The summed E-state index contributed by atoms with van der Waals surface area (Å²) in [5.41, 5.74) is 0.559. The summed E-state index contributed by atoms with van der Waals surface area (Å²) in [5, 5.41) is 2.85. The molecule has 0 aliphatic rings. The average Bonchev–Trinajstić information content (AvgIpc) is 2.69. The molecule has 5 nitrogen and oxygen atoms in total. The molecule has 1 N–H and O–H groups in total. The molecule has 0 fully saturated rings. The fourth-order valence-electron chi connectivity index (χ4n) is 3.32. The second-order valence-corrected chi connectivity index (χ2v) is 8.96. The van der Waals surface area contributed by atoms with E-state index < -0.39 is 17.7 Å². The lowest BCUT2D eigenvalue weighted by molar-refractivity contribution is -0.133. The summed E-state index contributed by atoms with van der Waals surface area (Å²) in [7, 11) is 0. The predicted octanol–water partition coefficient (Wildman–Crippen LogP) is 5.72. The van der Waals surface area contributed by atoms with Gasteiger partial charge in [-0.3, -0.25) is 4.79 Å². The van der Waals surface area contributed by atoms with Crippen LogP contribution in [0.25, 0.3) is 0 Å². The third-order valence-corrected chi connectivity index (χ3v) is 4.93. The monoisotopic (exact) mass is 418 g/mol. The Balaban J connectivity index is 2.88. The van der Waals surface area contributed by atoms with Crippen molar-refractivity contribution in [2.45, 2.75) is 97.6 Å². The normalized spacial score (nSPS) is 12.3. The summed E-state index contributed by atoms with van der Waals surface area (Å²) in [6.07, 6.45) is 7.17. The van der Waals surface area contributed by atoms with Crippen molar-refractivity contribution in [1.29, 1.82) is 0 Å². The van der Waals surface area contributed by atoms with E-state index in [0.717, 1.165) is 63.6 Å². The van der Waals surface area contributed by atoms with E-state index in [1.807, 2.05) is 43.9 Å². The smallest absolute Gasteiger partial charge is 0.408 e. The lowest BCUT2D eigenvalue weighted by atomic mass is 10.0. The first-order valence-electron chi connectivity index (χ1n) is 11.6. The van der Waals surface area contributed by atoms with Crippen molar-refractivity contribution in [3.05, 3.63) is 35.9 Å². The van der Waals surface area contributed by atoms with Gasteiger partial charge < -0.3 is 15.0 Å². The SMILES string of the molecule is CCCCCN(CCCCC)C(=O)[C@@H](CCc1ccccc1)NC(=O)OC(C)(C)C. The maximum Gasteiger partial charge on any atom is 0.408 e. The van der Waals surface area contributed by atoms with Crippen LogP contribution in [0, 0.1) is 0 Å². The van der Waals surface area contributed by atoms with E-state index in [9.17, 15) is 9.59 Å². The van der Waals surface area contributed by atoms with Gasteiger partial charge in [-0.25, -0.2) is 4.79 Å². The number of carbonyl (C=O) groups excluding carboxylic acids is 2. The van der Waals surface area contributed by atoms with Crippen LogP contribution in [0.5, 0.6) is 0 Å². The van der Waals surface area contributed by atoms with E-state index in [-0.39, 0.29) is 5.91 Å². The van der Waals surface area contributed by atoms with Gasteiger partial charge in [0.1, 0.15) is 11.6 Å². The van der Waals surface area contributed by atoms with Crippen LogP contribution in [0.4, 0.5) is 4.79 Å². The molecule has 0 aliphatic carbocycles. The number of ether oxygens (including phenoxy) is 1. The molecule has 1 aromatic carbocycles. The second-order valence-electron chi connectivity index (χ2n) is 8.96. The van der Waals surface area contributed by atoms with E-state index in [1.165, 1.54) is 0 Å². The highest BCUT2D eigenvalue weighted by molar-refractivity contribution is 5.85. The highest BCUT2D eigenvalue weighted by Gasteiger charge is 2.27. The van der Waals surface area contributed by atoms with Gasteiger partial charge in [-0.1, -0.05) is 69.9 Å². The Labute approximate surface area is 183 Å². The third kappa shape index (κ3) is 11.2. The molecule has 2 amide bonds. The number of carbonyl (C=O) groups is 2. The van der Waals surface area contributed by atoms with Gasteiger partial charge in [0, 0.05) is 13.1 Å². The van der Waals surface area contributed by atoms with E-state index in [2.05, 4.69) is 31.3 Å². The Hall–Kier alpha value is -2.04. The number of unbranched alkanes of at least 4 members (excludes halogenated alkanes) is 4. The van der Waals surface area contributed by atoms with Gasteiger partial charge in [0.05, 0.1) is 0 Å². The average molecular weight is 419 g/mol. The Kier molecular flexibility index (Phi) is 12.2. The van der Waals surface area contributed by atoms with Crippen molar-refractivity contribution in [1.82, 2.24) is 10.2 Å². The first kappa shape index (κ1) is 26.0. The topological polar surface area (TPSA) is 58.6 Å². The van der Waals surface area contributed by atoms with Gasteiger partial charge in [0.25, 0.3) is 0 Å². The van der Waals surface area contributed by atoms with Crippen molar-refractivity contribution < 1.29 is 14.3 Å². The summed E-state index contributed by atoms with van der Waals surface area (Å²) in [5.74, 6) is 0.00370. The summed E-state index contributed by atoms with van der Waals surface area (Å²) < 4.78 is 5.43. The van der Waals surface area contributed by atoms with Crippen molar-refractivity contribution in [3.63, 3.8) is 0 Å². The largest absolute Gasteiger partial charge is 0.444 e. The molecule has 1 rings (SSSR count). The molecule has 0 saturated carbocycles. The number of nitrogens with one attached hydrogen (secondary N) is 1. The molecular formula is C25H42N2O3. The van der Waals surface area contributed by atoms with Crippen molar-refractivity contribution in [3.8, 4) is 0 Å². The van der Waals surface area contributed by atoms with Gasteiger partial charge in [0.2, 0.25) is 5.91 Å².